The molecule has 1 aromatic heterocycles. The smallest absolute Gasteiger partial charge is 0.219 e. The van der Waals surface area contributed by atoms with E-state index in [-0.39, 0.29) is 0 Å². The molecule has 0 fully saturated rings. The van der Waals surface area contributed by atoms with E-state index in [1.54, 1.807) is 12.3 Å². The topological polar surface area (TPSA) is 22.1 Å². The summed E-state index contributed by atoms with van der Waals surface area (Å²) in [4.78, 5) is 4.14. The van der Waals surface area contributed by atoms with Crippen LogP contribution in [-0.4, -0.2) is 4.98 Å². The number of aromatic nitrogens is 1. The maximum atomic E-state index is 6.06. The minimum Gasteiger partial charge on any atom is -0.437 e. The van der Waals surface area contributed by atoms with E-state index < -0.39 is 0 Å². The monoisotopic (exact) mass is 267 g/mol. The molecule has 88 valence electrons. The van der Waals surface area contributed by atoms with Crippen molar-refractivity contribution in [2.75, 3.05) is 0 Å². The third-order valence-corrected chi connectivity index (χ3v) is 2.86. The Morgan fingerprint density at radius 3 is 2.65 bits per heavy atom. The standard InChI is InChI=1S/C13H11Cl2NO/c1-9-2-4-12(11(15)6-9)17-13-5-3-10(7-14)8-16-13/h2-6,8H,7H2,1H3. The highest BCUT2D eigenvalue weighted by Gasteiger charge is 2.04. The van der Waals surface area contributed by atoms with Gasteiger partial charge in [-0.15, -0.1) is 11.6 Å². The van der Waals surface area contributed by atoms with Gasteiger partial charge in [0.15, 0.2) is 0 Å². The lowest BCUT2D eigenvalue weighted by Gasteiger charge is -2.07. The van der Waals surface area contributed by atoms with Gasteiger partial charge >= 0.3 is 0 Å². The van der Waals surface area contributed by atoms with Gasteiger partial charge < -0.3 is 4.74 Å². The molecule has 1 heterocycles. The molecule has 1 aromatic carbocycles. The third kappa shape index (κ3) is 3.11. The fourth-order valence-electron chi connectivity index (χ4n) is 1.35. The zero-order chi connectivity index (χ0) is 12.3. The Bertz CT molecular complexity index is 511. The number of benzene rings is 1. The van der Waals surface area contributed by atoms with E-state index in [2.05, 4.69) is 4.98 Å². The van der Waals surface area contributed by atoms with E-state index in [0.717, 1.165) is 11.1 Å². The van der Waals surface area contributed by atoms with E-state index in [9.17, 15) is 0 Å². The number of nitrogens with zero attached hydrogens (tertiary/aromatic N) is 1. The second kappa shape index (κ2) is 5.39. The number of alkyl halides is 1. The second-order valence-electron chi connectivity index (χ2n) is 3.67. The van der Waals surface area contributed by atoms with Crippen LogP contribution < -0.4 is 4.74 Å². The average Bonchev–Trinajstić information content (AvgIpc) is 2.34. The van der Waals surface area contributed by atoms with Crippen molar-refractivity contribution in [2.45, 2.75) is 12.8 Å². The summed E-state index contributed by atoms with van der Waals surface area (Å²) in [5.41, 5.74) is 2.04. The Morgan fingerprint density at radius 2 is 2.06 bits per heavy atom. The maximum absolute atomic E-state index is 6.06. The molecule has 4 heteroatoms. The molecule has 0 saturated heterocycles. The summed E-state index contributed by atoms with van der Waals surface area (Å²) >= 11 is 11.7. The van der Waals surface area contributed by atoms with Gasteiger partial charge in [0, 0.05) is 18.1 Å². The first-order valence-electron chi connectivity index (χ1n) is 5.14. The predicted octanol–water partition coefficient (Wildman–Crippen LogP) is 4.57. The highest BCUT2D eigenvalue weighted by molar-refractivity contribution is 6.32. The van der Waals surface area contributed by atoms with Crippen molar-refractivity contribution in [2.24, 2.45) is 0 Å². The molecular weight excluding hydrogens is 257 g/mol. The normalized spacial score (nSPS) is 10.3. The lowest BCUT2D eigenvalue weighted by atomic mass is 10.2. The van der Waals surface area contributed by atoms with Gasteiger partial charge in [-0.25, -0.2) is 4.98 Å². The van der Waals surface area contributed by atoms with Crippen molar-refractivity contribution in [1.82, 2.24) is 4.98 Å². The Labute approximate surface area is 110 Å². The molecule has 0 radical (unpaired) electrons. The highest BCUT2D eigenvalue weighted by atomic mass is 35.5. The number of rotatable bonds is 3. The predicted molar refractivity (Wildman–Crippen MR) is 70.1 cm³/mol. The van der Waals surface area contributed by atoms with Crippen LogP contribution in [0.2, 0.25) is 5.02 Å². The molecular formula is C13H11Cl2NO. The van der Waals surface area contributed by atoms with E-state index in [1.807, 2.05) is 31.2 Å². The summed E-state index contributed by atoms with van der Waals surface area (Å²) < 4.78 is 5.58. The molecule has 0 bridgehead atoms. The zero-order valence-corrected chi connectivity index (χ0v) is 10.8. The molecule has 17 heavy (non-hydrogen) atoms. The molecule has 0 aliphatic carbocycles. The molecule has 0 aliphatic rings. The van der Waals surface area contributed by atoms with Crippen LogP contribution in [0.15, 0.2) is 36.5 Å². The molecule has 0 unspecified atom stereocenters. The SMILES string of the molecule is Cc1ccc(Oc2ccc(CCl)cn2)c(Cl)c1. The lowest BCUT2D eigenvalue weighted by molar-refractivity contribution is 0.463. The number of pyridine rings is 1. The molecule has 2 nitrogen and oxygen atoms in total. The Morgan fingerprint density at radius 1 is 1.24 bits per heavy atom. The van der Waals surface area contributed by atoms with Crippen molar-refractivity contribution in [1.29, 1.82) is 0 Å². The summed E-state index contributed by atoms with van der Waals surface area (Å²) in [6, 6.07) is 9.26. The number of hydrogen-bond acceptors (Lipinski definition) is 2. The van der Waals surface area contributed by atoms with Crippen LogP contribution in [0.25, 0.3) is 0 Å². The lowest BCUT2D eigenvalue weighted by Crippen LogP contribution is -1.90. The van der Waals surface area contributed by atoms with Crippen LogP contribution in [0.1, 0.15) is 11.1 Å². The quantitative estimate of drug-likeness (QED) is 0.760. The van der Waals surface area contributed by atoms with Gasteiger partial charge in [0.2, 0.25) is 5.88 Å². The van der Waals surface area contributed by atoms with Crippen LogP contribution in [0, 0.1) is 6.92 Å². The Kier molecular flexibility index (Phi) is 3.87. The highest BCUT2D eigenvalue weighted by Crippen LogP contribution is 2.29. The van der Waals surface area contributed by atoms with Gasteiger partial charge in [-0.2, -0.15) is 0 Å². The molecule has 0 atom stereocenters. The molecule has 0 saturated carbocycles. The van der Waals surface area contributed by atoms with Gasteiger partial charge in [0.25, 0.3) is 0 Å². The summed E-state index contributed by atoms with van der Waals surface area (Å²) in [6.07, 6.45) is 1.68. The van der Waals surface area contributed by atoms with Crippen molar-refractivity contribution in [3.05, 3.63) is 52.7 Å². The van der Waals surface area contributed by atoms with Gasteiger partial charge in [-0.05, 0) is 30.2 Å². The Hall–Kier alpha value is -1.25. The van der Waals surface area contributed by atoms with Crippen LogP contribution in [-0.2, 0) is 5.88 Å². The third-order valence-electron chi connectivity index (χ3n) is 2.25. The zero-order valence-electron chi connectivity index (χ0n) is 9.28. The minimum atomic E-state index is 0.443. The van der Waals surface area contributed by atoms with Gasteiger partial charge in [-0.1, -0.05) is 23.7 Å². The fourth-order valence-corrected chi connectivity index (χ4v) is 1.78. The van der Waals surface area contributed by atoms with E-state index >= 15 is 0 Å². The number of halogens is 2. The largest absolute Gasteiger partial charge is 0.437 e. The molecule has 0 aliphatic heterocycles. The molecule has 2 rings (SSSR count). The average molecular weight is 268 g/mol. The van der Waals surface area contributed by atoms with Gasteiger partial charge in [0.05, 0.1) is 5.02 Å². The minimum absolute atomic E-state index is 0.443. The summed E-state index contributed by atoms with van der Waals surface area (Å²) in [7, 11) is 0. The first kappa shape index (κ1) is 12.2. The number of ether oxygens (including phenoxy) is 1. The van der Waals surface area contributed by atoms with Crippen LogP contribution in [0.3, 0.4) is 0 Å². The first-order chi connectivity index (χ1) is 8.19. The van der Waals surface area contributed by atoms with E-state index in [4.69, 9.17) is 27.9 Å². The summed E-state index contributed by atoms with van der Waals surface area (Å²) in [5.74, 6) is 1.55. The first-order valence-corrected chi connectivity index (χ1v) is 6.05. The molecule has 0 N–H and O–H groups in total. The summed E-state index contributed by atoms with van der Waals surface area (Å²) in [6.45, 7) is 1.98. The van der Waals surface area contributed by atoms with Crippen molar-refractivity contribution < 1.29 is 4.74 Å². The Balaban J connectivity index is 2.19. The van der Waals surface area contributed by atoms with E-state index in [1.165, 1.54) is 0 Å². The van der Waals surface area contributed by atoms with Crippen molar-refractivity contribution in [3.63, 3.8) is 0 Å². The molecule has 0 amide bonds. The fraction of sp³-hybridized carbons (Fsp3) is 0.154. The van der Waals surface area contributed by atoms with Crippen molar-refractivity contribution in [3.8, 4) is 11.6 Å². The number of hydrogen-bond donors (Lipinski definition) is 0. The maximum Gasteiger partial charge on any atom is 0.219 e. The second-order valence-corrected chi connectivity index (χ2v) is 4.35. The van der Waals surface area contributed by atoms with Crippen LogP contribution in [0.5, 0.6) is 11.6 Å². The summed E-state index contributed by atoms with van der Waals surface area (Å²) in [5, 5.41) is 0.577. The van der Waals surface area contributed by atoms with Crippen LogP contribution in [0.4, 0.5) is 0 Å². The molecule has 2 aromatic rings. The van der Waals surface area contributed by atoms with Gasteiger partial charge in [-0.3, -0.25) is 0 Å². The van der Waals surface area contributed by atoms with Crippen LogP contribution >= 0.6 is 23.2 Å². The van der Waals surface area contributed by atoms with Gasteiger partial charge in [0.1, 0.15) is 5.75 Å². The molecule has 0 spiro atoms. The van der Waals surface area contributed by atoms with E-state index in [0.29, 0.717) is 22.5 Å². The number of aryl methyl sites for hydroxylation is 1. The van der Waals surface area contributed by atoms with Crippen molar-refractivity contribution >= 4 is 23.2 Å².